The molecular weight excluding hydrogens is 286 g/mol. The third kappa shape index (κ3) is 4.14. The first-order valence-corrected chi connectivity index (χ1v) is 8.91. The highest BCUT2D eigenvalue weighted by Gasteiger charge is 2.28. The van der Waals surface area contributed by atoms with E-state index in [2.05, 4.69) is 11.6 Å². The van der Waals surface area contributed by atoms with Crippen molar-refractivity contribution in [2.75, 3.05) is 6.54 Å². The lowest BCUT2D eigenvalue weighted by Gasteiger charge is -2.33. The van der Waals surface area contributed by atoms with Crippen molar-refractivity contribution >= 4 is 15.8 Å². The monoisotopic (exact) mass is 309 g/mol. The van der Waals surface area contributed by atoms with Crippen LogP contribution < -0.4 is 4.72 Å². The van der Waals surface area contributed by atoms with E-state index < -0.39 is 10.0 Å². The van der Waals surface area contributed by atoms with E-state index in [4.69, 9.17) is 0 Å². The Morgan fingerprint density at radius 2 is 1.90 bits per heavy atom. The van der Waals surface area contributed by atoms with Crippen LogP contribution in [0.1, 0.15) is 56.3 Å². The van der Waals surface area contributed by atoms with Gasteiger partial charge in [0.25, 0.3) is 0 Å². The molecular formula is C16H23NO3S. The summed E-state index contributed by atoms with van der Waals surface area (Å²) in [4.78, 5) is 11.5. The van der Waals surface area contributed by atoms with Crippen LogP contribution >= 0.6 is 0 Å². The summed E-state index contributed by atoms with van der Waals surface area (Å²) >= 11 is 0. The maximum Gasteiger partial charge on any atom is 0.240 e. The summed E-state index contributed by atoms with van der Waals surface area (Å²) in [5.74, 6) is -0.133. The quantitative estimate of drug-likeness (QED) is 0.850. The lowest BCUT2D eigenvalue weighted by Crippen LogP contribution is -2.37. The standard InChI is InChI=1S/C16H23NO3S/c1-13(18)14-7-6-8-15(11-14)21(19,20)17-12-16(2)9-4-3-5-10-16/h6-8,11,17H,3-5,9-10,12H2,1-2H3. The molecule has 1 aromatic carbocycles. The first-order chi connectivity index (χ1) is 9.82. The van der Waals surface area contributed by atoms with Crippen molar-refractivity contribution in [2.45, 2.75) is 50.8 Å². The first kappa shape index (κ1) is 16.2. The van der Waals surface area contributed by atoms with Gasteiger partial charge in [0.1, 0.15) is 0 Å². The fourth-order valence-electron chi connectivity index (χ4n) is 2.82. The van der Waals surface area contributed by atoms with E-state index >= 15 is 0 Å². The highest BCUT2D eigenvalue weighted by atomic mass is 32.2. The van der Waals surface area contributed by atoms with Gasteiger partial charge in [0.15, 0.2) is 5.78 Å². The molecule has 0 aliphatic heterocycles. The minimum Gasteiger partial charge on any atom is -0.295 e. The molecule has 21 heavy (non-hydrogen) atoms. The van der Waals surface area contributed by atoms with Gasteiger partial charge in [0.2, 0.25) is 10.0 Å². The van der Waals surface area contributed by atoms with Gasteiger partial charge < -0.3 is 0 Å². The summed E-state index contributed by atoms with van der Waals surface area (Å²) in [5, 5.41) is 0. The second-order valence-corrected chi connectivity index (χ2v) is 8.05. The van der Waals surface area contributed by atoms with Crippen LogP contribution in [0.3, 0.4) is 0 Å². The Labute approximate surface area is 127 Å². The van der Waals surface area contributed by atoms with Crippen LogP contribution in [-0.4, -0.2) is 20.7 Å². The van der Waals surface area contributed by atoms with Crippen LogP contribution in [0.25, 0.3) is 0 Å². The van der Waals surface area contributed by atoms with Crippen LogP contribution in [0.15, 0.2) is 29.2 Å². The summed E-state index contributed by atoms with van der Waals surface area (Å²) in [7, 11) is -3.56. The molecule has 4 nitrogen and oxygen atoms in total. The summed E-state index contributed by atoms with van der Waals surface area (Å²) in [6.45, 7) is 4.03. The number of rotatable bonds is 5. The summed E-state index contributed by atoms with van der Waals surface area (Å²) < 4.78 is 27.5. The van der Waals surface area contributed by atoms with Crippen molar-refractivity contribution in [3.63, 3.8) is 0 Å². The molecule has 0 atom stereocenters. The molecule has 2 rings (SSSR count). The van der Waals surface area contributed by atoms with E-state index in [0.717, 1.165) is 25.7 Å². The van der Waals surface area contributed by atoms with Crippen molar-refractivity contribution < 1.29 is 13.2 Å². The van der Waals surface area contributed by atoms with Crippen LogP contribution in [0.5, 0.6) is 0 Å². The van der Waals surface area contributed by atoms with Gasteiger partial charge in [0, 0.05) is 12.1 Å². The van der Waals surface area contributed by atoms with Gasteiger partial charge in [0.05, 0.1) is 4.90 Å². The third-order valence-corrected chi connectivity index (χ3v) is 5.70. The van der Waals surface area contributed by atoms with Crippen molar-refractivity contribution in [1.29, 1.82) is 0 Å². The van der Waals surface area contributed by atoms with Crippen LogP contribution in [-0.2, 0) is 10.0 Å². The Morgan fingerprint density at radius 3 is 2.52 bits per heavy atom. The summed E-state index contributed by atoms with van der Waals surface area (Å²) in [6.07, 6.45) is 5.69. The van der Waals surface area contributed by atoms with Gasteiger partial charge in [-0.2, -0.15) is 0 Å². The second kappa shape index (κ2) is 6.28. The van der Waals surface area contributed by atoms with Crippen molar-refractivity contribution in [3.8, 4) is 0 Å². The predicted molar refractivity (Wildman–Crippen MR) is 82.8 cm³/mol. The molecule has 1 saturated carbocycles. The molecule has 0 amide bonds. The number of carbonyl (C=O) groups is 1. The number of Topliss-reactive ketones (excluding diaryl/α,β-unsaturated/α-hetero) is 1. The number of carbonyl (C=O) groups excluding carboxylic acids is 1. The molecule has 1 fully saturated rings. The van der Waals surface area contributed by atoms with E-state index in [1.165, 1.54) is 25.5 Å². The van der Waals surface area contributed by atoms with Crippen LogP contribution in [0.4, 0.5) is 0 Å². The fraction of sp³-hybridized carbons (Fsp3) is 0.562. The minimum atomic E-state index is -3.56. The average Bonchev–Trinajstić information content (AvgIpc) is 2.46. The molecule has 0 heterocycles. The van der Waals surface area contributed by atoms with E-state index in [9.17, 15) is 13.2 Å². The summed E-state index contributed by atoms with van der Waals surface area (Å²) in [5.41, 5.74) is 0.463. The Balaban J connectivity index is 2.11. The number of ketones is 1. The van der Waals surface area contributed by atoms with Gasteiger partial charge in [-0.25, -0.2) is 13.1 Å². The third-order valence-electron chi connectivity index (χ3n) is 4.30. The SMILES string of the molecule is CC(=O)c1cccc(S(=O)(=O)NCC2(C)CCCCC2)c1. The van der Waals surface area contributed by atoms with Crippen LogP contribution in [0, 0.1) is 5.41 Å². The summed E-state index contributed by atoms with van der Waals surface area (Å²) in [6, 6.07) is 6.20. The Hall–Kier alpha value is -1.20. The van der Waals surface area contributed by atoms with E-state index in [0.29, 0.717) is 12.1 Å². The lowest BCUT2D eigenvalue weighted by atomic mass is 9.76. The van der Waals surface area contributed by atoms with E-state index in [-0.39, 0.29) is 16.1 Å². The topological polar surface area (TPSA) is 63.2 Å². The van der Waals surface area contributed by atoms with Gasteiger partial charge in [-0.1, -0.05) is 38.3 Å². The molecule has 116 valence electrons. The molecule has 0 unspecified atom stereocenters. The smallest absolute Gasteiger partial charge is 0.240 e. The van der Waals surface area contributed by atoms with E-state index in [1.54, 1.807) is 12.1 Å². The Bertz CT molecular complexity index is 616. The minimum absolute atomic E-state index is 0.0451. The highest BCUT2D eigenvalue weighted by Crippen LogP contribution is 2.35. The molecule has 1 aromatic rings. The molecule has 0 saturated heterocycles. The second-order valence-electron chi connectivity index (χ2n) is 6.28. The molecule has 0 radical (unpaired) electrons. The molecule has 1 N–H and O–H groups in total. The van der Waals surface area contributed by atoms with Gasteiger partial charge in [-0.15, -0.1) is 0 Å². The number of hydrogen-bond donors (Lipinski definition) is 1. The first-order valence-electron chi connectivity index (χ1n) is 7.43. The van der Waals surface area contributed by atoms with Gasteiger partial charge in [-0.05, 0) is 37.3 Å². The van der Waals surface area contributed by atoms with Crippen molar-refractivity contribution in [1.82, 2.24) is 4.72 Å². The molecule has 0 bridgehead atoms. The Kier molecular flexibility index (Phi) is 4.84. The number of hydrogen-bond acceptors (Lipinski definition) is 3. The largest absolute Gasteiger partial charge is 0.295 e. The zero-order valence-electron chi connectivity index (χ0n) is 12.7. The molecule has 0 spiro atoms. The number of benzene rings is 1. The maximum absolute atomic E-state index is 12.4. The molecule has 5 heteroatoms. The van der Waals surface area contributed by atoms with Gasteiger partial charge >= 0.3 is 0 Å². The zero-order valence-corrected chi connectivity index (χ0v) is 13.5. The lowest BCUT2D eigenvalue weighted by molar-refractivity contribution is 0.101. The molecule has 0 aromatic heterocycles. The molecule has 1 aliphatic rings. The number of sulfonamides is 1. The van der Waals surface area contributed by atoms with Crippen molar-refractivity contribution in [2.24, 2.45) is 5.41 Å². The average molecular weight is 309 g/mol. The fourth-order valence-corrected chi connectivity index (χ4v) is 4.06. The number of nitrogens with one attached hydrogen (secondary N) is 1. The van der Waals surface area contributed by atoms with Crippen LogP contribution in [0.2, 0.25) is 0 Å². The zero-order chi connectivity index (χ0) is 15.5. The highest BCUT2D eigenvalue weighted by molar-refractivity contribution is 7.89. The van der Waals surface area contributed by atoms with E-state index in [1.807, 2.05) is 0 Å². The predicted octanol–water partition coefficient (Wildman–Crippen LogP) is 3.14. The normalized spacial score (nSPS) is 18.4. The maximum atomic E-state index is 12.4. The molecule has 1 aliphatic carbocycles. The van der Waals surface area contributed by atoms with Crippen molar-refractivity contribution in [3.05, 3.63) is 29.8 Å². The van der Waals surface area contributed by atoms with Gasteiger partial charge in [-0.3, -0.25) is 4.79 Å². The Morgan fingerprint density at radius 1 is 1.24 bits per heavy atom.